The fraction of sp³-hybridized carbons (Fsp3) is 0.167. The maximum atomic E-state index is 13.3. The van der Waals surface area contributed by atoms with Gasteiger partial charge in [-0.25, -0.2) is 9.18 Å². The molecule has 158 valence electrons. The van der Waals surface area contributed by atoms with Crippen molar-refractivity contribution in [3.8, 4) is 5.75 Å². The van der Waals surface area contributed by atoms with E-state index in [2.05, 4.69) is 5.32 Å². The third-order valence-corrected chi connectivity index (χ3v) is 5.03. The first kappa shape index (κ1) is 20.4. The Labute approximate surface area is 178 Å². The molecule has 1 N–H and O–H groups in total. The SMILES string of the molecule is Cn1c(=O)n(CCC(=O)Nc2cccc(COc3cccc(F)c3)c2)c2ccccc21. The average molecular weight is 419 g/mol. The Kier molecular flexibility index (Phi) is 5.84. The van der Waals surface area contributed by atoms with E-state index in [9.17, 15) is 14.0 Å². The zero-order valence-corrected chi connectivity index (χ0v) is 17.0. The minimum Gasteiger partial charge on any atom is -0.489 e. The number of carbonyl (C=O) groups excluding carboxylic acids is 1. The molecular weight excluding hydrogens is 397 g/mol. The molecule has 3 aromatic carbocycles. The third-order valence-electron chi connectivity index (χ3n) is 5.03. The lowest BCUT2D eigenvalue weighted by Gasteiger charge is -2.10. The van der Waals surface area contributed by atoms with Crippen LogP contribution in [-0.4, -0.2) is 15.0 Å². The first-order chi connectivity index (χ1) is 15.0. The summed E-state index contributed by atoms with van der Waals surface area (Å²) in [6.07, 6.45) is 0.165. The van der Waals surface area contributed by atoms with Gasteiger partial charge in [-0.3, -0.25) is 13.9 Å². The maximum Gasteiger partial charge on any atom is 0.328 e. The van der Waals surface area contributed by atoms with Crippen molar-refractivity contribution >= 4 is 22.6 Å². The van der Waals surface area contributed by atoms with Crippen LogP contribution in [0.15, 0.2) is 77.6 Å². The molecule has 4 aromatic rings. The Hall–Kier alpha value is -3.87. The van der Waals surface area contributed by atoms with Crippen LogP contribution in [0.1, 0.15) is 12.0 Å². The number of amides is 1. The molecule has 1 amide bonds. The minimum absolute atomic E-state index is 0.148. The van der Waals surface area contributed by atoms with Crippen molar-refractivity contribution in [2.24, 2.45) is 7.05 Å². The minimum atomic E-state index is -0.358. The van der Waals surface area contributed by atoms with Crippen molar-refractivity contribution in [3.63, 3.8) is 0 Å². The lowest BCUT2D eigenvalue weighted by atomic mass is 10.2. The van der Waals surface area contributed by atoms with Crippen molar-refractivity contribution in [2.45, 2.75) is 19.6 Å². The summed E-state index contributed by atoms with van der Waals surface area (Å²) in [5.41, 5.74) is 2.96. The second kappa shape index (κ2) is 8.87. The first-order valence-corrected chi connectivity index (χ1v) is 9.93. The quantitative estimate of drug-likeness (QED) is 0.491. The molecular formula is C24H22FN3O3. The van der Waals surface area contributed by atoms with E-state index < -0.39 is 0 Å². The van der Waals surface area contributed by atoms with Crippen LogP contribution in [0, 0.1) is 5.82 Å². The van der Waals surface area contributed by atoms with Gasteiger partial charge in [-0.15, -0.1) is 0 Å². The van der Waals surface area contributed by atoms with E-state index >= 15 is 0 Å². The van der Waals surface area contributed by atoms with Gasteiger partial charge in [0.1, 0.15) is 18.2 Å². The smallest absolute Gasteiger partial charge is 0.328 e. The van der Waals surface area contributed by atoms with Crippen LogP contribution < -0.4 is 15.7 Å². The molecule has 4 rings (SSSR count). The lowest BCUT2D eigenvalue weighted by Crippen LogP contribution is -2.24. The van der Waals surface area contributed by atoms with Crippen molar-refractivity contribution in [1.29, 1.82) is 0 Å². The molecule has 0 fully saturated rings. The zero-order valence-electron chi connectivity index (χ0n) is 17.0. The van der Waals surface area contributed by atoms with E-state index in [1.165, 1.54) is 12.1 Å². The lowest BCUT2D eigenvalue weighted by molar-refractivity contribution is -0.116. The highest BCUT2D eigenvalue weighted by Crippen LogP contribution is 2.17. The molecule has 0 unspecified atom stereocenters. The van der Waals surface area contributed by atoms with E-state index in [0.29, 0.717) is 11.4 Å². The second-order valence-electron chi connectivity index (χ2n) is 7.23. The van der Waals surface area contributed by atoms with Gasteiger partial charge in [-0.1, -0.05) is 30.3 Å². The Morgan fingerprint density at radius 1 is 1.00 bits per heavy atom. The number of rotatable bonds is 7. The Morgan fingerprint density at radius 2 is 1.77 bits per heavy atom. The van der Waals surface area contributed by atoms with Gasteiger partial charge in [-0.2, -0.15) is 0 Å². The number of aryl methyl sites for hydroxylation is 2. The number of imidazole rings is 1. The number of hydrogen-bond acceptors (Lipinski definition) is 3. The van der Waals surface area contributed by atoms with Crippen molar-refractivity contribution in [3.05, 3.63) is 94.7 Å². The number of para-hydroxylation sites is 2. The summed E-state index contributed by atoms with van der Waals surface area (Å²) in [7, 11) is 1.72. The van der Waals surface area contributed by atoms with Gasteiger partial charge in [0.15, 0.2) is 0 Å². The van der Waals surface area contributed by atoms with Gasteiger partial charge in [-0.05, 0) is 42.0 Å². The van der Waals surface area contributed by atoms with Gasteiger partial charge in [0.05, 0.1) is 11.0 Å². The summed E-state index contributed by atoms with van der Waals surface area (Å²) in [6.45, 7) is 0.535. The average Bonchev–Trinajstić information content (AvgIpc) is 3.01. The molecule has 0 saturated heterocycles. The molecule has 0 saturated carbocycles. The van der Waals surface area contributed by atoms with Crippen molar-refractivity contribution in [2.75, 3.05) is 5.32 Å². The predicted octanol–water partition coefficient (Wildman–Crippen LogP) is 4.09. The molecule has 1 aromatic heterocycles. The number of fused-ring (bicyclic) bond motifs is 1. The van der Waals surface area contributed by atoms with E-state index in [-0.39, 0.29) is 37.0 Å². The fourth-order valence-electron chi connectivity index (χ4n) is 3.48. The predicted molar refractivity (Wildman–Crippen MR) is 118 cm³/mol. The summed E-state index contributed by atoms with van der Waals surface area (Å²) in [6, 6.07) is 20.7. The summed E-state index contributed by atoms with van der Waals surface area (Å²) in [4.78, 5) is 24.9. The first-order valence-electron chi connectivity index (χ1n) is 9.93. The molecule has 7 heteroatoms. The summed E-state index contributed by atoms with van der Waals surface area (Å²) < 4.78 is 22.0. The Morgan fingerprint density at radius 3 is 2.58 bits per heavy atom. The normalized spacial score (nSPS) is 10.9. The highest BCUT2D eigenvalue weighted by molar-refractivity contribution is 5.90. The molecule has 0 aliphatic carbocycles. The van der Waals surface area contributed by atoms with Gasteiger partial charge < -0.3 is 10.1 Å². The molecule has 31 heavy (non-hydrogen) atoms. The van der Waals surface area contributed by atoms with Crippen LogP contribution in [0.5, 0.6) is 5.75 Å². The number of ether oxygens (including phenoxy) is 1. The Balaban J connectivity index is 1.38. The van der Waals surface area contributed by atoms with Crippen LogP contribution in [0.25, 0.3) is 11.0 Å². The fourth-order valence-corrected chi connectivity index (χ4v) is 3.48. The number of aromatic nitrogens is 2. The monoisotopic (exact) mass is 419 g/mol. The summed E-state index contributed by atoms with van der Waals surface area (Å²) in [5, 5.41) is 2.86. The van der Waals surface area contributed by atoms with Crippen molar-refractivity contribution in [1.82, 2.24) is 9.13 Å². The van der Waals surface area contributed by atoms with Crippen LogP contribution in [-0.2, 0) is 25.0 Å². The molecule has 0 bridgehead atoms. The van der Waals surface area contributed by atoms with E-state index in [1.807, 2.05) is 36.4 Å². The molecule has 0 spiro atoms. The molecule has 1 heterocycles. The van der Waals surface area contributed by atoms with Crippen LogP contribution in [0.2, 0.25) is 0 Å². The third kappa shape index (κ3) is 4.66. The molecule has 0 radical (unpaired) electrons. The molecule has 0 aliphatic heterocycles. The van der Waals surface area contributed by atoms with E-state index in [1.54, 1.807) is 40.4 Å². The zero-order chi connectivity index (χ0) is 21.8. The highest BCUT2D eigenvalue weighted by Gasteiger charge is 2.11. The molecule has 6 nitrogen and oxygen atoms in total. The van der Waals surface area contributed by atoms with Gasteiger partial charge in [0, 0.05) is 31.8 Å². The van der Waals surface area contributed by atoms with E-state index in [4.69, 9.17) is 4.74 Å². The number of benzene rings is 3. The van der Waals surface area contributed by atoms with Crippen molar-refractivity contribution < 1.29 is 13.9 Å². The number of nitrogens with one attached hydrogen (secondary N) is 1. The van der Waals surface area contributed by atoms with Crippen LogP contribution in [0.4, 0.5) is 10.1 Å². The topological polar surface area (TPSA) is 65.3 Å². The molecule has 0 aliphatic rings. The largest absolute Gasteiger partial charge is 0.489 e. The number of carbonyl (C=O) groups is 1. The van der Waals surface area contributed by atoms with Gasteiger partial charge in [0.2, 0.25) is 5.91 Å². The summed E-state index contributed by atoms with van der Waals surface area (Å²) >= 11 is 0. The number of nitrogens with zero attached hydrogens (tertiary/aromatic N) is 2. The van der Waals surface area contributed by atoms with Gasteiger partial charge in [0.25, 0.3) is 0 Å². The number of hydrogen-bond donors (Lipinski definition) is 1. The highest BCUT2D eigenvalue weighted by atomic mass is 19.1. The second-order valence-corrected chi connectivity index (χ2v) is 7.23. The standard InChI is InChI=1S/C24H22FN3O3/c1-27-21-10-2-3-11-22(21)28(24(27)30)13-12-23(29)26-19-8-4-6-17(14-19)16-31-20-9-5-7-18(25)15-20/h2-11,14-15H,12-13,16H2,1H3,(H,26,29). The number of anilines is 1. The van der Waals surface area contributed by atoms with Gasteiger partial charge >= 0.3 is 5.69 Å². The summed E-state index contributed by atoms with van der Waals surface area (Å²) in [5.74, 6) is -0.109. The van der Waals surface area contributed by atoms with E-state index in [0.717, 1.165) is 16.6 Å². The number of halogens is 1. The Bertz CT molecular complexity index is 1290. The van der Waals surface area contributed by atoms with Crippen LogP contribution in [0.3, 0.4) is 0 Å². The maximum absolute atomic E-state index is 13.3. The van der Waals surface area contributed by atoms with Crippen LogP contribution >= 0.6 is 0 Å². The molecule has 0 atom stereocenters.